The highest BCUT2D eigenvalue weighted by Gasteiger charge is 2.38. The molecule has 0 spiro atoms. The van der Waals surface area contributed by atoms with Gasteiger partial charge < -0.3 is 15.1 Å². The molecule has 2 rings (SSSR count). The van der Waals surface area contributed by atoms with E-state index in [1.54, 1.807) is 36.9 Å². The van der Waals surface area contributed by atoms with Crippen LogP contribution in [0.3, 0.4) is 0 Å². The Labute approximate surface area is 117 Å². The van der Waals surface area contributed by atoms with Crippen molar-refractivity contribution in [2.75, 3.05) is 13.1 Å². The summed E-state index contributed by atoms with van der Waals surface area (Å²) in [6.45, 7) is 4.28. The van der Waals surface area contributed by atoms with E-state index in [0.29, 0.717) is 37.1 Å². The Morgan fingerprint density at radius 1 is 1.25 bits per heavy atom. The monoisotopic (exact) mass is 277 g/mol. The third-order valence-corrected chi connectivity index (χ3v) is 4.21. The molecular weight excluding hydrogens is 258 g/mol. The van der Waals surface area contributed by atoms with Crippen molar-refractivity contribution in [3.05, 3.63) is 29.3 Å². The quantitative estimate of drug-likeness (QED) is 0.867. The Bertz CT molecular complexity index is 545. The van der Waals surface area contributed by atoms with Crippen molar-refractivity contribution in [1.29, 1.82) is 0 Å². The van der Waals surface area contributed by atoms with Gasteiger partial charge in [0.05, 0.1) is 5.41 Å². The number of hydrogen-bond acceptors (Lipinski definition) is 3. The van der Waals surface area contributed by atoms with E-state index < -0.39 is 11.4 Å². The summed E-state index contributed by atoms with van der Waals surface area (Å²) in [6, 6.07) is 4.87. The van der Waals surface area contributed by atoms with Gasteiger partial charge in [0, 0.05) is 24.2 Å². The van der Waals surface area contributed by atoms with Crippen molar-refractivity contribution >= 4 is 11.9 Å². The molecule has 1 saturated heterocycles. The molecule has 0 saturated carbocycles. The molecule has 0 aromatic heterocycles. The van der Waals surface area contributed by atoms with Crippen LogP contribution in [0.25, 0.3) is 0 Å². The molecule has 1 fully saturated rings. The van der Waals surface area contributed by atoms with E-state index in [0.717, 1.165) is 0 Å². The molecule has 108 valence electrons. The van der Waals surface area contributed by atoms with Crippen LogP contribution in [0.15, 0.2) is 18.2 Å². The van der Waals surface area contributed by atoms with Gasteiger partial charge >= 0.3 is 5.97 Å². The van der Waals surface area contributed by atoms with Gasteiger partial charge in [-0.15, -0.1) is 0 Å². The number of amides is 1. The van der Waals surface area contributed by atoms with Gasteiger partial charge in [0.1, 0.15) is 5.75 Å². The van der Waals surface area contributed by atoms with Crippen molar-refractivity contribution in [2.45, 2.75) is 26.7 Å². The molecule has 0 unspecified atom stereocenters. The predicted octanol–water partition coefficient (Wildman–Crippen LogP) is 2.03. The Kier molecular flexibility index (Phi) is 3.70. The normalized spacial score (nSPS) is 17.8. The van der Waals surface area contributed by atoms with Crippen LogP contribution in [-0.4, -0.2) is 40.1 Å². The van der Waals surface area contributed by atoms with E-state index in [1.165, 1.54) is 0 Å². The lowest BCUT2D eigenvalue weighted by Crippen LogP contribution is -2.45. The van der Waals surface area contributed by atoms with E-state index in [4.69, 9.17) is 0 Å². The average Bonchev–Trinajstić information content (AvgIpc) is 2.42. The number of likely N-dealkylation sites (tertiary alicyclic amines) is 1. The van der Waals surface area contributed by atoms with Crippen molar-refractivity contribution in [2.24, 2.45) is 5.41 Å². The van der Waals surface area contributed by atoms with E-state index in [-0.39, 0.29) is 11.7 Å². The smallest absolute Gasteiger partial charge is 0.309 e. The Morgan fingerprint density at radius 3 is 2.40 bits per heavy atom. The van der Waals surface area contributed by atoms with Crippen molar-refractivity contribution in [1.82, 2.24) is 4.90 Å². The lowest BCUT2D eigenvalue weighted by atomic mass is 9.80. The van der Waals surface area contributed by atoms with Crippen LogP contribution in [0.1, 0.15) is 35.7 Å². The van der Waals surface area contributed by atoms with Gasteiger partial charge in [-0.3, -0.25) is 9.59 Å². The standard InChI is InChI=1S/C15H19NO4/c1-10-11(4-3-5-12(10)17)13(18)16-8-6-15(2,7-9-16)14(19)20/h3-5,17H,6-9H2,1-2H3,(H,19,20). The molecule has 0 bridgehead atoms. The summed E-state index contributed by atoms with van der Waals surface area (Å²) in [5.41, 5.74) is 0.290. The van der Waals surface area contributed by atoms with Gasteiger partial charge in [0.15, 0.2) is 0 Å². The number of carboxylic acids is 1. The highest BCUT2D eigenvalue weighted by molar-refractivity contribution is 5.96. The molecule has 1 aliphatic rings. The van der Waals surface area contributed by atoms with Gasteiger partial charge in [0.2, 0.25) is 0 Å². The molecule has 0 radical (unpaired) electrons. The fraction of sp³-hybridized carbons (Fsp3) is 0.467. The first-order valence-electron chi connectivity index (χ1n) is 6.66. The summed E-state index contributed by atoms with van der Waals surface area (Å²) < 4.78 is 0. The zero-order valence-corrected chi connectivity index (χ0v) is 11.7. The molecule has 2 N–H and O–H groups in total. The van der Waals surface area contributed by atoms with Gasteiger partial charge in [0.25, 0.3) is 5.91 Å². The number of piperidine rings is 1. The third kappa shape index (κ3) is 2.48. The number of aliphatic carboxylic acids is 1. The molecule has 1 aromatic rings. The Morgan fingerprint density at radius 2 is 1.85 bits per heavy atom. The number of phenols is 1. The summed E-state index contributed by atoms with van der Waals surface area (Å²) in [5.74, 6) is -0.854. The lowest BCUT2D eigenvalue weighted by Gasteiger charge is -2.36. The van der Waals surface area contributed by atoms with Crippen molar-refractivity contribution in [3.8, 4) is 5.75 Å². The summed E-state index contributed by atoms with van der Waals surface area (Å²) in [6.07, 6.45) is 0.901. The van der Waals surface area contributed by atoms with Gasteiger partial charge in [-0.05, 0) is 38.8 Å². The number of carbonyl (C=O) groups is 2. The predicted molar refractivity (Wildman–Crippen MR) is 73.7 cm³/mol. The number of hydrogen-bond donors (Lipinski definition) is 2. The van der Waals surface area contributed by atoms with Gasteiger partial charge in [-0.1, -0.05) is 6.07 Å². The average molecular weight is 277 g/mol. The minimum atomic E-state index is -0.807. The van der Waals surface area contributed by atoms with E-state index in [1.807, 2.05) is 0 Å². The maximum atomic E-state index is 12.4. The number of aromatic hydroxyl groups is 1. The number of phenolic OH excluding ortho intramolecular Hbond substituents is 1. The number of nitrogens with zero attached hydrogens (tertiary/aromatic N) is 1. The molecule has 1 heterocycles. The zero-order chi connectivity index (χ0) is 14.9. The lowest BCUT2D eigenvalue weighted by molar-refractivity contribution is -0.150. The number of rotatable bonds is 2. The minimum absolute atomic E-state index is 0.100. The van der Waals surface area contributed by atoms with Gasteiger partial charge in [-0.25, -0.2) is 0 Å². The first-order chi connectivity index (χ1) is 9.35. The fourth-order valence-corrected chi connectivity index (χ4v) is 2.44. The second-order valence-electron chi connectivity index (χ2n) is 5.61. The highest BCUT2D eigenvalue weighted by atomic mass is 16.4. The molecule has 1 aromatic carbocycles. The first-order valence-corrected chi connectivity index (χ1v) is 6.66. The highest BCUT2D eigenvalue weighted by Crippen LogP contribution is 2.32. The second-order valence-corrected chi connectivity index (χ2v) is 5.61. The number of benzene rings is 1. The number of carbonyl (C=O) groups excluding carboxylic acids is 1. The van der Waals surface area contributed by atoms with Crippen LogP contribution in [0, 0.1) is 12.3 Å². The van der Waals surface area contributed by atoms with Crippen LogP contribution in [0.4, 0.5) is 0 Å². The largest absolute Gasteiger partial charge is 0.508 e. The zero-order valence-electron chi connectivity index (χ0n) is 11.7. The minimum Gasteiger partial charge on any atom is -0.508 e. The van der Waals surface area contributed by atoms with E-state index in [2.05, 4.69) is 0 Å². The summed E-state index contributed by atoms with van der Waals surface area (Å²) in [5, 5.41) is 18.8. The summed E-state index contributed by atoms with van der Waals surface area (Å²) in [4.78, 5) is 25.3. The SMILES string of the molecule is Cc1c(O)cccc1C(=O)N1CCC(C)(C(=O)O)CC1. The molecule has 1 aliphatic heterocycles. The third-order valence-electron chi connectivity index (χ3n) is 4.21. The van der Waals surface area contributed by atoms with Crippen LogP contribution in [-0.2, 0) is 4.79 Å². The van der Waals surface area contributed by atoms with Crippen LogP contribution in [0.5, 0.6) is 5.75 Å². The molecule has 0 atom stereocenters. The molecular formula is C15H19NO4. The Balaban J connectivity index is 2.13. The molecule has 1 amide bonds. The maximum absolute atomic E-state index is 12.4. The van der Waals surface area contributed by atoms with Crippen LogP contribution >= 0.6 is 0 Å². The summed E-state index contributed by atoms with van der Waals surface area (Å²) in [7, 11) is 0. The van der Waals surface area contributed by atoms with E-state index in [9.17, 15) is 19.8 Å². The second kappa shape index (κ2) is 5.15. The molecule has 20 heavy (non-hydrogen) atoms. The fourth-order valence-electron chi connectivity index (χ4n) is 2.44. The van der Waals surface area contributed by atoms with Crippen LogP contribution in [0.2, 0.25) is 0 Å². The summed E-state index contributed by atoms with van der Waals surface area (Å²) >= 11 is 0. The Hall–Kier alpha value is -2.04. The number of carboxylic acid groups (broad SMARTS) is 1. The molecule has 0 aliphatic carbocycles. The topological polar surface area (TPSA) is 77.8 Å². The van der Waals surface area contributed by atoms with Crippen LogP contribution < -0.4 is 0 Å². The van der Waals surface area contributed by atoms with Crippen molar-refractivity contribution < 1.29 is 19.8 Å². The first kappa shape index (κ1) is 14.4. The maximum Gasteiger partial charge on any atom is 0.309 e. The molecule has 5 nitrogen and oxygen atoms in total. The van der Waals surface area contributed by atoms with Crippen molar-refractivity contribution in [3.63, 3.8) is 0 Å². The molecule has 5 heteroatoms. The van der Waals surface area contributed by atoms with Gasteiger partial charge in [-0.2, -0.15) is 0 Å². The van der Waals surface area contributed by atoms with E-state index >= 15 is 0 Å².